The Kier molecular flexibility index (Phi) is 5.16. The van der Waals surface area contributed by atoms with Crippen molar-refractivity contribution in [2.75, 3.05) is 5.32 Å². The molecule has 0 heterocycles. The van der Waals surface area contributed by atoms with E-state index in [0.717, 1.165) is 12.1 Å². The smallest absolute Gasteiger partial charge is 0.322 e. The number of carbonyl (C=O) groups excluding carboxylic acids is 1. The second-order valence-electron chi connectivity index (χ2n) is 4.44. The van der Waals surface area contributed by atoms with Crippen molar-refractivity contribution in [3.63, 3.8) is 0 Å². The number of nitrogens with one attached hydrogen (secondary N) is 2. The SMILES string of the molecule is CC(NC(=O)Nc1ccc(F)cc1F)Oc1ccc(Cl)cc1. The summed E-state index contributed by atoms with van der Waals surface area (Å²) in [4.78, 5) is 11.7. The topological polar surface area (TPSA) is 50.4 Å². The molecule has 22 heavy (non-hydrogen) atoms. The summed E-state index contributed by atoms with van der Waals surface area (Å²) in [6.07, 6.45) is -0.662. The fraction of sp³-hybridized carbons (Fsp3) is 0.133. The molecular weight excluding hydrogens is 314 g/mol. The molecule has 0 radical (unpaired) electrons. The zero-order chi connectivity index (χ0) is 16.1. The quantitative estimate of drug-likeness (QED) is 0.829. The van der Waals surface area contributed by atoms with E-state index in [1.807, 2.05) is 0 Å². The monoisotopic (exact) mass is 326 g/mol. The van der Waals surface area contributed by atoms with Gasteiger partial charge in [0, 0.05) is 11.1 Å². The van der Waals surface area contributed by atoms with Crippen LogP contribution in [-0.2, 0) is 0 Å². The molecule has 0 aromatic heterocycles. The number of ether oxygens (including phenoxy) is 1. The number of amides is 2. The van der Waals surface area contributed by atoms with E-state index < -0.39 is 23.9 Å². The Morgan fingerprint density at radius 2 is 1.86 bits per heavy atom. The molecule has 0 saturated heterocycles. The Balaban J connectivity index is 1.89. The number of benzene rings is 2. The van der Waals surface area contributed by atoms with Crippen LogP contribution in [0.5, 0.6) is 5.75 Å². The lowest BCUT2D eigenvalue weighted by Gasteiger charge is -2.17. The number of hydrogen-bond donors (Lipinski definition) is 2. The van der Waals surface area contributed by atoms with Crippen molar-refractivity contribution in [2.45, 2.75) is 13.2 Å². The van der Waals surface area contributed by atoms with Gasteiger partial charge in [-0.25, -0.2) is 13.6 Å². The van der Waals surface area contributed by atoms with Gasteiger partial charge in [0.2, 0.25) is 0 Å². The lowest BCUT2D eigenvalue weighted by molar-refractivity contribution is 0.183. The third-order valence-electron chi connectivity index (χ3n) is 2.64. The van der Waals surface area contributed by atoms with Gasteiger partial charge in [-0.05, 0) is 43.3 Å². The summed E-state index contributed by atoms with van der Waals surface area (Å²) in [7, 11) is 0. The molecule has 1 atom stereocenters. The number of urea groups is 1. The lowest BCUT2D eigenvalue weighted by Crippen LogP contribution is -2.39. The molecule has 2 aromatic rings. The third kappa shape index (κ3) is 4.60. The van der Waals surface area contributed by atoms with Gasteiger partial charge in [0.1, 0.15) is 17.4 Å². The Morgan fingerprint density at radius 3 is 2.50 bits per heavy atom. The molecular formula is C15H13ClF2N2O2. The number of anilines is 1. The molecule has 2 aromatic carbocycles. The highest BCUT2D eigenvalue weighted by Crippen LogP contribution is 2.17. The number of carbonyl (C=O) groups is 1. The molecule has 1 unspecified atom stereocenters. The van der Waals surface area contributed by atoms with Crippen LogP contribution in [0.2, 0.25) is 5.02 Å². The molecule has 0 aliphatic carbocycles. The minimum absolute atomic E-state index is 0.127. The second-order valence-corrected chi connectivity index (χ2v) is 4.87. The van der Waals surface area contributed by atoms with Crippen molar-refractivity contribution < 1.29 is 18.3 Å². The average molecular weight is 327 g/mol. The van der Waals surface area contributed by atoms with Crippen molar-refractivity contribution in [3.05, 3.63) is 59.1 Å². The molecule has 0 spiro atoms. The fourth-order valence-electron chi connectivity index (χ4n) is 1.68. The van der Waals surface area contributed by atoms with Gasteiger partial charge in [-0.1, -0.05) is 11.6 Å². The van der Waals surface area contributed by atoms with Crippen molar-refractivity contribution >= 4 is 23.3 Å². The molecule has 2 N–H and O–H groups in total. The Bertz CT molecular complexity index is 665. The zero-order valence-corrected chi connectivity index (χ0v) is 12.3. The molecule has 0 saturated carbocycles. The van der Waals surface area contributed by atoms with E-state index in [1.165, 1.54) is 0 Å². The first-order chi connectivity index (χ1) is 10.4. The maximum absolute atomic E-state index is 13.4. The van der Waals surface area contributed by atoms with Gasteiger partial charge in [0.15, 0.2) is 6.23 Å². The van der Waals surface area contributed by atoms with E-state index in [2.05, 4.69) is 10.6 Å². The first kappa shape index (κ1) is 16.0. The van der Waals surface area contributed by atoms with Gasteiger partial charge >= 0.3 is 6.03 Å². The van der Waals surface area contributed by atoms with Gasteiger partial charge < -0.3 is 15.4 Å². The van der Waals surface area contributed by atoms with E-state index >= 15 is 0 Å². The Hall–Kier alpha value is -2.34. The molecule has 2 amide bonds. The third-order valence-corrected chi connectivity index (χ3v) is 2.89. The van der Waals surface area contributed by atoms with Crippen LogP contribution >= 0.6 is 11.6 Å². The standard InChI is InChI=1S/C15H13ClF2N2O2/c1-9(22-12-5-2-10(16)3-6-12)19-15(21)20-14-7-4-11(17)8-13(14)18/h2-9H,1H3,(H2,19,20,21). The molecule has 0 aliphatic rings. The summed E-state index contributed by atoms with van der Waals surface area (Å²) in [6, 6.07) is 8.79. The largest absolute Gasteiger partial charge is 0.471 e. The van der Waals surface area contributed by atoms with E-state index in [4.69, 9.17) is 16.3 Å². The van der Waals surface area contributed by atoms with Crippen LogP contribution < -0.4 is 15.4 Å². The number of hydrogen-bond acceptors (Lipinski definition) is 2. The van der Waals surface area contributed by atoms with E-state index in [1.54, 1.807) is 31.2 Å². The summed E-state index contributed by atoms with van der Waals surface area (Å²) in [5, 5.41) is 5.31. The van der Waals surface area contributed by atoms with Crippen molar-refractivity contribution in [3.8, 4) is 5.75 Å². The summed E-state index contributed by atoms with van der Waals surface area (Å²) in [5.74, 6) is -1.06. The summed E-state index contributed by atoms with van der Waals surface area (Å²) < 4.78 is 31.6. The van der Waals surface area contributed by atoms with Gasteiger partial charge in [-0.15, -0.1) is 0 Å². The molecule has 0 aliphatic heterocycles. The molecule has 116 valence electrons. The van der Waals surface area contributed by atoms with Crippen molar-refractivity contribution in [1.82, 2.24) is 5.32 Å². The van der Waals surface area contributed by atoms with Crippen LogP contribution in [0.1, 0.15) is 6.92 Å². The molecule has 0 bridgehead atoms. The minimum atomic E-state index is -0.860. The minimum Gasteiger partial charge on any atom is -0.471 e. The zero-order valence-electron chi connectivity index (χ0n) is 11.6. The van der Waals surface area contributed by atoms with Crippen molar-refractivity contribution in [1.29, 1.82) is 0 Å². The molecule has 0 fully saturated rings. The first-order valence-electron chi connectivity index (χ1n) is 6.39. The number of rotatable bonds is 4. The maximum atomic E-state index is 13.4. The predicted molar refractivity (Wildman–Crippen MR) is 80.1 cm³/mol. The van der Waals surface area contributed by atoms with Gasteiger partial charge in [-0.2, -0.15) is 0 Å². The van der Waals surface area contributed by atoms with Crippen molar-refractivity contribution in [2.24, 2.45) is 0 Å². The molecule has 2 rings (SSSR count). The Morgan fingerprint density at radius 1 is 1.18 bits per heavy atom. The number of halogens is 3. The highest BCUT2D eigenvalue weighted by atomic mass is 35.5. The van der Waals surface area contributed by atoms with Crippen LogP contribution in [0, 0.1) is 11.6 Å². The normalized spacial score (nSPS) is 11.6. The highest BCUT2D eigenvalue weighted by Gasteiger charge is 2.11. The van der Waals surface area contributed by atoms with E-state index in [0.29, 0.717) is 16.8 Å². The average Bonchev–Trinajstić information content (AvgIpc) is 2.44. The van der Waals surface area contributed by atoms with Gasteiger partial charge in [0.25, 0.3) is 0 Å². The van der Waals surface area contributed by atoms with Crippen LogP contribution in [-0.4, -0.2) is 12.3 Å². The second kappa shape index (κ2) is 7.09. The summed E-state index contributed by atoms with van der Waals surface area (Å²) in [5.41, 5.74) is -0.127. The molecule has 4 nitrogen and oxygen atoms in total. The fourth-order valence-corrected chi connectivity index (χ4v) is 1.81. The van der Waals surface area contributed by atoms with Gasteiger partial charge in [-0.3, -0.25) is 0 Å². The van der Waals surface area contributed by atoms with Gasteiger partial charge in [0.05, 0.1) is 5.69 Å². The van der Waals surface area contributed by atoms with Crippen LogP contribution in [0.25, 0.3) is 0 Å². The lowest BCUT2D eigenvalue weighted by atomic mass is 10.3. The predicted octanol–water partition coefficient (Wildman–Crippen LogP) is 4.16. The van der Waals surface area contributed by atoms with Crippen LogP contribution in [0.15, 0.2) is 42.5 Å². The van der Waals surface area contributed by atoms with Crippen LogP contribution in [0.4, 0.5) is 19.3 Å². The first-order valence-corrected chi connectivity index (χ1v) is 6.76. The Labute approximate surface area is 131 Å². The highest BCUT2D eigenvalue weighted by molar-refractivity contribution is 6.30. The van der Waals surface area contributed by atoms with E-state index in [-0.39, 0.29) is 5.69 Å². The molecule has 7 heteroatoms. The summed E-state index contributed by atoms with van der Waals surface area (Å²) >= 11 is 5.75. The van der Waals surface area contributed by atoms with E-state index in [9.17, 15) is 13.6 Å². The van der Waals surface area contributed by atoms with Crippen LogP contribution in [0.3, 0.4) is 0 Å². The summed E-state index contributed by atoms with van der Waals surface area (Å²) in [6.45, 7) is 1.61. The maximum Gasteiger partial charge on any atom is 0.322 e.